The van der Waals surface area contributed by atoms with Gasteiger partial charge in [0.05, 0.1) is 18.2 Å². The van der Waals surface area contributed by atoms with Gasteiger partial charge in [0.15, 0.2) is 5.60 Å². The van der Waals surface area contributed by atoms with Gasteiger partial charge >= 0.3 is 0 Å². The summed E-state index contributed by atoms with van der Waals surface area (Å²) in [5, 5.41) is 12.4. The molecule has 3 unspecified atom stereocenters. The molecule has 0 aromatic heterocycles. The van der Waals surface area contributed by atoms with Crippen LogP contribution in [0, 0.1) is 17.3 Å². The van der Waals surface area contributed by atoms with E-state index in [1.807, 2.05) is 36.4 Å². The van der Waals surface area contributed by atoms with Crippen molar-refractivity contribution in [3.05, 3.63) is 64.7 Å². The first kappa shape index (κ1) is 21.1. The van der Waals surface area contributed by atoms with Gasteiger partial charge in [-0.1, -0.05) is 68.8 Å². The molecule has 3 atom stereocenters. The van der Waals surface area contributed by atoms with E-state index in [1.54, 1.807) is 17.0 Å². The van der Waals surface area contributed by atoms with Crippen LogP contribution in [0.3, 0.4) is 0 Å². The highest BCUT2D eigenvalue weighted by molar-refractivity contribution is 6.31. The number of Topliss-reactive ketones (excluding diaryl/α,β-unsaturated/α-hetero) is 1. The Morgan fingerprint density at radius 3 is 2.47 bits per heavy atom. The van der Waals surface area contributed by atoms with Crippen LogP contribution in [0.5, 0.6) is 0 Å². The molecule has 2 aromatic rings. The maximum atomic E-state index is 13.7. The van der Waals surface area contributed by atoms with Crippen LogP contribution in [0.15, 0.2) is 48.5 Å². The summed E-state index contributed by atoms with van der Waals surface area (Å²) in [7, 11) is 0. The van der Waals surface area contributed by atoms with Crippen LogP contribution >= 0.6 is 11.6 Å². The maximum absolute atomic E-state index is 13.7. The zero-order chi connectivity index (χ0) is 21.7. The number of nitrogens with zero attached hydrogens (tertiary/aromatic N) is 1. The van der Waals surface area contributed by atoms with Crippen molar-refractivity contribution in [2.45, 2.75) is 52.2 Å². The highest BCUT2D eigenvalue weighted by Crippen LogP contribution is 2.51. The monoisotopic (exact) mass is 425 g/mol. The third kappa shape index (κ3) is 3.36. The van der Waals surface area contributed by atoms with Gasteiger partial charge in [-0.05, 0) is 41.9 Å². The van der Waals surface area contributed by atoms with Crippen molar-refractivity contribution in [3.63, 3.8) is 0 Å². The second kappa shape index (κ2) is 7.51. The van der Waals surface area contributed by atoms with Gasteiger partial charge in [-0.2, -0.15) is 0 Å². The zero-order valence-electron chi connectivity index (χ0n) is 17.7. The fraction of sp³-hybridized carbons (Fsp3) is 0.440. The number of aliphatic hydroxyl groups is 1. The summed E-state index contributed by atoms with van der Waals surface area (Å²) in [5.74, 6) is -0.931. The minimum Gasteiger partial charge on any atom is -0.375 e. The van der Waals surface area contributed by atoms with Gasteiger partial charge < -0.3 is 10.0 Å². The number of carbonyl (C=O) groups is 2. The van der Waals surface area contributed by atoms with E-state index in [2.05, 4.69) is 20.8 Å². The van der Waals surface area contributed by atoms with Crippen LogP contribution in [0.1, 0.15) is 51.2 Å². The summed E-state index contributed by atoms with van der Waals surface area (Å²) in [6, 6.07) is 14.6. The molecule has 5 heteroatoms. The van der Waals surface area contributed by atoms with Gasteiger partial charge in [0, 0.05) is 17.0 Å². The van der Waals surface area contributed by atoms with Crippen molar-refractivity contribution in [1.29, 1.82) is 0 Å². The van der Waals surface area contributed by atoms with Crippen LogP contribution in [-0.2, 0) is 21.7 Å². The molecule has 1 aliphatic carbocycles. The number of benzene rings is 2. The Kier molecular flexibility index (Phi) is 5.27. The molecule has 1 aliphatic heterocycles. The van der Waals surface area contributed by atoms with Crippen molar-refractivity contribution >= 4 is 29.0 Å². The number of rotatable bonds is 3. The van der Waals surface area contributed by atoms with Crippen molar-refractivity contribution in [1.82, 2.24) is 0 Å². The topological polar surface area (TPSA) is 57.6 Å². The molecule has 2 aliphatic rings. The molecule has 158 valence electrons. The summed E-state index contributed by atoms with van der Waals surface area (Å²) in [4.78, 5) is 28.2. The smallest absolute Gasteiger partial charge is 0.264 e. The average Bonchev–Trinajstić information content (AvgIpc) is 2.92. The number of amides is 1. The number of ketones is 1. The Balaban J connectivity index is 1.75. The molecule has 4 rings (SSSR count). The van der Waals surface area contributed by atoms with Gasteiger partial charge in [0.2, 0.25) is 0 Å². The molecule has 30 heavy (non-hydrogen) atoms. The van der Waals surface area contributed by atoms with E-state index in [0.29, 0.717) is 29.1 Å². The third-order valence-corrected chi connectivity index (χ3v) is 7.21. The molecule has 2 aromatic carbocycles. The first-order chi connectivity index (χ1) is 14.1. The Hall–Kier alpha value is -2.17. The van der Waals surface area contributed by atoms with E-state index in [1.165, 1.54) is 0 Å². The molecule has 1 heterocycles. The Bertz CT molecular complexity index is 996. The van der Waals surface area contributed by atoms with E-state index >= 15 is 0 Å². The van der Waals surface area contributed by atoms with Gasteiger partial charge in [-0.3, -0.25) is 9.59 Å². The number of carbonyl (C=O) groups excluding carboxylic acids is 2. The van der Waals surface area contributed by atoms with Gasteiger partial charge in [0.25, 0.3) is 5.91 Å². The minimum absolute atomic E-state index is 0.00767. The van der Waals surface area contributed by atoms with Gasteiger partial charge in [0.1, 0.15) is 5.78 Å². The largest absolute Gasteiger partial charge is 0.375 e. The summed E-state index contributed by atoms with van der Waals surface area (Å²) in [6.07, 6.45) is 1.71. The van der Waals surface area contributed by atoms with Crippen molar-refractivity contribution < 1.29 is 14.7 Å². The second-order valence-electron chi connectivity index (χ2n) is 9.62. The van der Waals surface area contributed by atoms with Crippen LogP contribution < -0.4 is 4.90 Å². The first-order valence-corrected chi connectivity index (χ1v) is 10.9. The normalized spacial score (nSPS) is 26.8. The molecule has 1 fully saturated rings. The Morgan fingerprint density at radius 1 is 1.10 bits per heavy atom. The molecule has 0 bridgehead atoms. The molecule has 0 radical (unpaired) electrons. The van der Waals surface area contributed by atoms with E-state index < -0.39 is 17.4 Å². The highest BCUT2D eigenvalue weighted by Gasteiger charge is 2.58. The lowest BCUT2D eigenvalue weighted by molar-refractivity contribution is -0.154. The Labute approximate surface area is 182 Å². The van der Waals surface area contributed by atoms with E-state index in [-0.39, 0.29) is 23.7 Å². The van der Waals surface area contributed by atoms with Crippen LogP contribution in [-0.4, -0.2) is 16.8 Å². The van der Waals surface area contributed by atoms with E-state index in [0.717, 1.165) is 12.0 Å². The average molecular weight is 426 g/mol. The Morgan fingerprint density at radius 2 is 1.77 bits per heavy atom. The predicted molar refractivity (Wildman–Crippen MR) is 118 cm³/mol. The van der Waals surface area contributed by atoms with Crippen molar-refractivity contribution in [2.24, 2.45) is 17.3 Å². The van der Waals surface area contributed by atoms with E-state index in [9.17, 15) is 14.7 Å². The number of hydrogen-bond acceptors (Lipinski definition) is 3. The molecule has 0 spiro atoms. The first-order valence-electron chi connectivity index (χ1n) is 10.5. The highest BCUT2D eigenvalue weighted by atomic mass is 35.5. The molecule has 0 saturated heterocycles. The van der Waals surface area contributed by atoms with Crippen LogP contribution in [0.2, 0.25) is 5.02 Å². The number of halogens is 1. The molecular formula is C25H28ClNO3. The number of fused-ring (bicyclic) bond motifs is 1. The number of para-hydroxylation sites is 1. The summed E-state index contributed by atoms with van der Waals surface area (Å²) < 4.78 is 0. The zero-order valence-corrected chi connectivity index (χ0v) is 18.4. The summed E-state index contributed by atoms with van der Waals surface area (Å²) in [6.45, 7) is 6.72. The second-order valence-corrected chi connectivity index (χ2v) is 10.0. The summed E-state index contributed by atoms with van der Waals surface area (Å²) in [5.41, 5.74) is 0.145. The lowest BCUT2D eigenvalue weighted by Gasteiger charge is -2.41. The molecular weight excluding hydrogens is 398 g/mol. The maximum Gasteiger partial charge on any atom is 0.264 e. The fourth-order valence-electron chi connectivity index (χ4n) is 4.97. The third-order valence-electron chi connectivity index (χ3n) is 6.84. The molecule has 1 amide bonds. The van der Waals surface area contributed by atoms with Crippen molar-refractivity contribution in [3.8, 4) is 0 Å². The van der Waals surface area contributed by atoms with Crippen LogP contribution in [0.4, 0.5) is 5.69 Å². The van der Waals surface area contributed by atoms with Gasteiger partial charge in [-0.25, -0.2) is 0 Å². The lowest BCUT2D eigenvalue weighted by Crippen LogP contribution is -2.51. The quantitative estimate of drug-likeness (QED) is 0.743. The van der Waals surface area contributed by atoms with Crippen molar-refractivity contribution in [2.75, 3.05) is 4.90 Å². The minimum atomic E-state index is -1.83. The number of hydrogen-bond donors (Lipinski definition) is 1. The lowest BCUT2D eigenvalue weighted by atomic mass is 9.63. The summed E-state index contributed by atoms with van der Waals surface area (Å²) >= 11 is 6.34. The predicted octanol–water partition coefficient (Wildman–Crippen LogP) is 5.11. The fourth-order valence-corrected chi connectivity index (χ4v) is 5.16. The van der Waals surface area contributed by atoms with E-state index in [4.69, 9.17) is 11.6 Å². The molecule has 1 saturated carbocycles. The molecule has 1 N–H and O–H groups in total. The van der Waals surface area contributed by atoms with Crippen LogP contribution in [0.25, 0.3) is 0 Å². The standard InChI is InChI=1S/C25H28ClNO3/c1-24(2,3)17-12-13-22(28)19(14-17)25(30)18-9-5-7-11-21(18)27(23(25)29)15-16-8-4-6-10-20(16)26/h4-11,17,19,30H,12-15H2,1-3H3. The van der Waals surface area contributed by atoms with Gasteiger partial charge in [-0.15, -0.1) is 0 Å². The SMILES string of the molecule is CC(C)(C)C1CCC(=O)C(C2(O)C(=O)N(Cc3ccccc3Cl)c3ccccc32)C1. The number of anilines is 1. The molecule has 4 nitrogen and oxygen atoms in total.